The summed E-state index contributed by atoms with van der Waals surface area (Å²) < 4.78 is 18.1. The van der Waals surface area contributed by atoms with Crippen molar-refractivity contribution in [2.75, 3.05) is 14.2 Å². The fourth-order valence-corrected chi connectivity index (χ4v) is 1.32. The van der Waals surface area contributed by atoms with E-state index >= 15 is 0 Å². The van der Waals surface area contributed by atoms with E-state index in [1.165, 1.54) is 30.2 Å². The first-order valence-corrected chi connectivity index (χ1v) is 4.78. The molecule has 86 valence electrons. The van der Waals surface area contributed by atoms with E-state index in [0.29, 0.717) is 12.1 Å². The second-order valence-corrected chi connectivity index (χ2v) is 3.37. The van der Waals surface area contributed by atoms with Gasteiger partial charge in [-0.05, 0) is 23.8 Å². The molecule has 3 nitrogen and oxygen atoms in total. The van der Waals surface area contributed by atoms with Crippen LogP contribution in [0, 0.1) is 5.82 Å². The molecule has 0 aliphatic rings. The number of likely N-dealkylation sites (N-methyl/N-ethyl adjacent to an activating group) is 1. The van der Waals surface area contributed by atoms with Gasteiger partial charge in [0.1, 0.15) is 0 Å². The van der Waals surface area contributed by atoms with Crippen LogP contribution in [0.2, 0.25) is 0 Å². The van der Waals surface area contributed by atoms with Crippen LogP contribution in [0.15, 0.2) is 30.9 Å². The molecule has 0 fully saturated rings. The van der Waals surface area contributed by atoms with E-state index < -0.39 is 5.82 Å². The molecule has 0 unspecified atom stereocenters. The van der Waals surface area contributed by atoms with Gasteiger partial charge in [0.15, 0.2) is 11.6 Å². The fraction of sp³-hybridized carbons (Fsp3) is 0.250. The Morgan fingerprint density at radius 2 is 2.31 bits per heavy atom. The van der Waals surface area contributed by atoms with Crippen LogP contribution in [-0.2, 0) is 11.3 Å². The van der Waals surface area contributed by atoms with Crippen molar-refractivity contribution in [1.29, 1.82) is 0 Å². The molecule has 1 amide bonds. The fourth-order valence-electron chi connectivity index (χ4n) is 1.32. The normalized spacial score (nSPS) is 9.69. The molecule has 1 rings (SSSR count). The second-order valence-electron chi connectivity index (χ2n) is 3.37. The lowest BCUT2D eigenvalue weighted by Crippen LogP contribution is -2.23. The lowest BCUT2D eigenvalue weighted by atomic mass is 10.2. The first-order valence-electron chi connectivity index (χ1n) is 4.78. The molecule has 0 saturated heterocycles. The Hall–Kier alpha value is -1.84. The van der Waals surface area contributed by atoms with Crippen molar-refractivity contribution in [3.8, 4) is 5.75 Å². The Kier molecular flexibility index (Phi) is 4.05. The number of halogens is 1. The summed E-state index contributed by atoms with van der Waals surface area (Å²) in [4.78, 5) is 12.7. The number of benzene rings is 1. The van der Waals surface area contributed by atoms with Crippen LogP contribution >= 0.6 is 0 Å². The number of carbonyl (C=O) groups excluding carboxylic acids is 1. The van der Waals surface area contributed by atoms with Crippen molar-refractivity contribution in [3.63, 3.8) is 0 Å². The van der Waals surface area contributed by atoms with Gasteiger partial charge in [0.05, 0.1) is 7.11 Å². The van der Waals surface area contributed by atoms with E-state index in [-0.39, 0.29) is 11.7 Å². The Morgan fingerprint density at radius 1 is 1.62 bits per heavy atom. The van der Waals surface area contributed by atoms with E-state index in [2.05, 4.69) is 6.58 Å². The zero-order valence-corrected chi connectivity index (χ0v) is 9.37. The molecule has 0 spiro atoms. The molecule has 0 N–H and O–H groups in total. The van der Waals surface area contributed by atoms with Crippen molar-refractivity contribution in [2.45, 2.75) is 6.54 Å². The molecular weight excluding hydrogens is 209 g/mol. The summed E-state index contributed by atoms with van der Waals surface area (Å²) in [6, 6.07) is 4.61. The lowest BCUT2D eigenvalue weighted by molar-refractivity contribution is -0.125. The average Bonchev–Trinajstić information content (AvgIpc) is 2.28. The Balaban J connectivity index is 2.79. The van der Waals surface area contributed by atoms with Crippen LogP contribution in [0.1, 0.15) is 5.56 Å². The largest absolute Gasteiger partial charge is 0.494 e. The van der Waals surface area contributed by atoms with Gasteiger partial charge in [-0.2, -0.15) is 0 Å². The van der Waals surface area contributed by atoms with Gasteiger partial charge in [-0.25, -0.2) is 4.39 Å². The summed E-state index contributed by atoms with van der Waals surface area (Å²) in [6.45, 7) is 3.72. The number of carbonyl (C=O) groups is 1. The van der Waals surface area contributed by atoms with Crippen molar-refractivity contribution < 1.29 is 13.9 Å². The summed E-state index contributed by atoms with van der Waals surface area (Å²) in [7, 11) is 3.04. The van der Waals surface area contributed by atoms with Crippen LogP contribution < -0.4 is 4.74 Å². The van der Waals surface area contributed by atoms with Gasteiger partial charge >= 0.3 is 0 Å². The quantitative estimate of drug-likeness (QED) is 0.730. The lowest BCUT2D eigenvalue weighted by Gasteiger charge is -2.15. The summed E-state index contributed by atoms with van der Waals surface area (Å²) in [6.07, 6.45) is 1.22. The number of ether oxygens (including phenoxy) is 1. The van der Waals surface area contributed by atoms with Gasteiger partial charge in [-0.3, -0.25) is 4.79 Å². The van der Waals surface area contributed by atoms with Gasteiger partial charge in [-0.15, -0.1) is 0 Å². The predicted octanol–water partition coefficient (Wildman–Crippen LogP) is 1.98. The van der Waals surface area contributed by atoms with Gasteiger partial charge in [0.25, 0.3) is 0 Å². The van der Waals surface area contributed by atoms with Gasteiger partial charge in [-0.1, -0.05) is 12.6 Å². The Bertz CT molecular complexity index is 404. The minimum atomic E-state index is -0.431. The number of nitrogens with zero attached hydrogens (tertiary/aromatic N) is 1. The third kappa shape index (κ3) is 2.82. The van der Waals surface area contributed by atoms with Crippen LogP contribution in [0.4, 0.5) is 4.39 Å². The molecule has 0 bridgehead atoms. The first kappa shape index (κ1) is 12.2. The molecule has 1 aromatic carbocycles. The van der Waals surface area contributed by atoms with E-state index in [9.17, 15) is 9.18 Å². The Morgan fingerprint density at radius 3 is 2.81 bits per heavy atom. The van der Waals surface area contributed by atoms with Gasteiger partial charge in [0, 0.05) is 13.6 Å². The van der Waals surface area contributed by atoms with Crippen molar-refractivity contribution >= 4 is 5.91 Å². The van der Waals surface area contributed by atoms with Crippen LogP contribution in [0.25, 0.3) is 0 Å². The zero-order chi connectivity index (χ0) is 12.1. The summed E-state index contributed by atoms with van der Waals surface area (Å²) in [5, 5.41) is 0. The SMILES string of the molecule is C=CC(=O)N(C)Cc1ccc(OC)c(F)c1. The zero-order valence-electron chi connectivity index (χ0n) is 9.37. The smallest absolute Gasteiger partial charge is 0.245 e. The second kappa shape index (κ2) is 5.30. The molecule has 16 heavy (non-hydrogen) atoms. The molecule has 0 aromatic heterocycles. The predicted molar refractivity (Wildman–Crippen MR) is 59.6 cm³/mol. The topological polar surface area (TPSA) is 29.5 Å². The monoisotopic (exact) mass is 223 g/mol. The maximum atomic E-state index is 13.3. The minimum absolute atomic E-state index is 0.196. The third-order valence-corrected chi connectivity index (χ3v) is 2.19. The van der Waals surface area contributed by atoms with E-state index in [0.717, 1.165) is 0 Å². The highest BCUT2D eigenvalue weighted by molar-refractivity contribution is 5.86. The highest BCUT2D eigenvalue weighted by Crippen LogP contribution is 2.18. The first-order chi connectivity index (χ1) is 7.58. The van der Waals surface area contributed by atoms with Gasteiger partial charge < -0.3 is 9.64 Å². The minimum Gasteiger partial charge on any atom is -0.494 e. The average molecular weight is 223 g/mol. The van der Waals surface area contributed by atoms with Crippen LogP contribution in [0.3, 0.4) is 0 Å². The van der Waals surface area contributed by atoms with E-state index in [1.54, 1.807) is 13.1 Å². The van der Waals surface area contributed by atoms with Crippen LogP contribution in [-0.4, -0.2) is 25.0 Å². The molecule has 0 heterocycles. The number of amides is 1. The van der Waals surface area contributed by atoms with Crippen molar-refractivity contribution in [1.82, 2.24) is 4.90 Å². The van der Waals surface area contributed by atoms with E-state index in [1.807, 2.05) is 0 Å². The number of hydrogen-bond donors (Lipinski definition) is 0. The molecular formula is C12H14FNO2. The van der Waals surface area contributed by atoms with Crippen molar-refractivity contribution in [3.05, 3.63) is 42.2 Å². The number of methoxy groups -OCH3 is 1. The molecule has 0 radical (unpaired) electrons. The molecule has 0 atom stereocenters. The van der Waals surface area contributed by atoms with Crippen LogP contribution in [0.5, 0.6) is 5.75 Å². The molecule has 4 heteroatoms. The molecule has 0 aliphatic carbocycles. The third-order valence-electron chi connectivity index (χ3n) is 2.19. The summed E-state index contributed by atoms with van der Waals surface area (Å²) in [5.74, 6) is -0.433. The number of rotatable bonds is 4. The standard InChI is InChI=1S/C12H14FNO2/c1-4-12(15)14(2)8-9-5-6-11(16-3)10(13)7-9/h4-7H,1,8H2,2-3H3. The number of hydrogen-bond acceptors (Lipinski definition) is 2. The maximum Gasteiger partial charge on any atom is 0.245 e. The van der Waals surface area contributed by atoms with E-state index in [4.69, 9.17) is 4.74 Å². The molecule has 1 aromatic rings. The molecule has 0 saturated carbocycles. The summed E-state index contributed by atoms with van der Waals surface area (Å²) in [5.41, 5.74) is 0.705. The maximum absolute atomic E-state index is 13.3. The Labute approximate surface area is 94.1 Å². The van der Waals surface area contributed by atoms with Gasteiger partial charge in [0.2, 0.25) is 5.91 Å². The van der Waals surface area contributed by atoms with Crippen molar-refractivity contribution in [2.24, 2.45) is 0 Å². The highest BCUT2D eigenvalue weighted by Gasteiger charge is 2.08. The molecule has 0 aliphatic heterocycles. The summed E-state index contributed by atoms with van der Waals surface area (Å²) >= 11 is 0. The highest BCUT2D eigenvalue weighted by atomic mass is 19.1.